The first kappa shape index (κ1) is 12.9. The minimum atomic E-state index is -0.412. The molecule has 2 aromatic rings. The zero-order valence-electron chi connectivity index (χ0n) is 11.0. The standard InChI is InChI=1S/C15H16N2O3/c18-11-4-3-9-17(10-11)15(19)8-7-14-16-12-5-1-2-6-13(12)20-14/h1-2,5-8,11,18H,3-4,9-10H2. The number of fused-ring (bicyclic) bond motifs is 1. The summed E-state index contributed by atoms with van der Waals surface area (Å²) in [6, 6.07) is 7.46. The Balaban J connectivity index is 1.71. The number of benzene rings is 1. The van der Waals surface area contributed by atoms with Crippen LogP contribution in [0.5, 0.6) is 0 Å². The van der Waals surface area contributed by atoms with E-state index in [1.165, 1.54) is 6.08 Å². The Morgan fingerprint density at radius 3 is 3.10 bits per heavy atom. The van der Waals surface area contributed by atoms with Gasteiger partial charge in [-0.3, -0.25) is 4.79 Å². The van der Waals surface area contributed by atoms with Gasteiger partial charge in [-0.1, -0.05) is 12.1 Å². The van der Waals surface area contributed by atoms with Crippen LogP contribution in [0.25, 0.3) is 17.2 Å². The average Bonchev–Trinajstić information content (AvgIpc) is 2.87. The molecule has 1 amide bonds. The van der Waals surface area contributed by atoms with Crippen LogP contribution >= 0.6 is 0 Å². The predicted octanol–water partition coefficient (Wildman–Crippen LogP) is 1.82. The van der Waals surface area contributed by atoms with Gasteiger partial charge < -0.3 is 14.4 Å². The summed E-state index contributed by atoms with van der Waals surface area (Å²) in [5.41, 5.74) is 1.47. The average molecular weight is 272 g/mol. The Labute approximate surface area is 116 Å². The summed E-state index contributed by atoms with van der Waals surface area (Å²) in [6.07, 6.45) is 4.21. The summed E-state index contributed by atoms with van der Waals surface area (Å²) >= 11 is 0. The molecule has 0 radical (unpaired) electrons. The first-order valence-corrected chi connectivity index (χ1v) is 6.73. The second-order valence-corrected chi connectivity index (χ2v) is 4.93. The number of carbonyl (C=O) groups excluding carboxylic acids is 1. The molecule has 2 heterocycles. The Morgan fingerprint density at radius 2 is 2.30 bits per heavy atom. The summed E-state index contributed by atoms with van der Waals surface area (Å²) in [5.74, 6) is 0.295. The van der Waals surface area contributed by atoms with Crippen molar-refractivity contribution in [2.24, 2.45) is 0 Å². The number of amides is 1. The van der Waals surface area contributed by atoms with Crippen molar-refractivity contribution in [2.75, 3.05) is 13.1 Å². The number of hydrogen-bond acceptors (Lipinski definition) is 4. The van der Waals surface area contributed by atoms with Crippen LogP contribution in [0.4, 0.5) is 0 Å². The molecule has 3 rings (SSSR count). The van der Waals surface area contributed by atoms with E-state index in [4.69, 9.17) is 4.42 Å². The summed E-state index contributed by atoms with van der Waals surface area (Å²) in [6.45, 7) is 1.09. The van der Waals surface area contributed by atoms with Crippen LogP contribution in [0.15, 0.2) is 34.8 Å². The second-order valence-electron chi connectivity index (χ2n) is 4.93. The number of rotatable bonds is 2. The molecular weight excluding hydrogens is 256 g/mol. The van der Waals surface area contributed by atoms with Crippen molar-refractivity contribution in [1.29, 1.82) is 0 Å². The van der Waals surface area contributed by atoms with E-state index in [1.807, 2.05) is 24.3 Å². The number of hydrogen-bond donors (Lipinski definition) is 1. The Hall–Kier alpha value is -2.14. The van der Waals surface area contributed by atoms with E-state index in [0.717, 1.165) is 18.4 Å². The monoisotopic (exact) mass is 272 g/mol. The second kappa shape index (κ2) is 5.46. The van der Waals surface area contributed by atoms with E-state index in [1.54, 1.807) is 11.0 Å². The van der Waals surface area contributed by atoms with E-state index in [2.05, 4.69) is 4.98 Å². The summed E-state index contributed by atoms with van der Waals surface area (Å²) in [5, 5.41) is 9.56. The predicted molar refractivity (Wildman–Crippen MR) is 74.9 cm³/mol. The highest BCUT2D eigenvalue weighted by molar-refractivity contribution is 5.91. The zero-order chi connectivity index (χ0) is 13.9. The van der Waals surface area contributed by atoms with E-state index in [-0.39, 0.29) is 5.91 Å². The maximum absolute atomic E-state index is 12.0. The normalized spacial score (nSPS) is 19.9. The molecule has 1 N–H and O–H groups in total. The number of carbonyl (C=O) groups is 1. The fourth-order valence-corrected chi connectivity index (χ4v) is 2.36. The Kier molecular flexibility index (Phi) is 3.52. The molecule has 20 heavy (non-hydrogen) atoms. The molecule has 1 unspecified atom stereocenters. The van der Waals surface area contributed by atoms with Crippen molar-refractivity contribution in [1.82, 2.24) is 9.88 Å². The number of oxazole rings is 1. The van der Waals surface area contributed by atoms with E-state index in [9.17, 15) is 9.90 Å². The lowest BCUT2D eigenvalue weighted by Gasteiger charge is -2.29. The minimum Gasteiger partial charge on any atom is -0.437 e. The van der Waals surface area contributed by atoms with Gasteiger partial charge in [0.25, 0.3) is 0 Å². The third-order valence-electron chi connectivity index (χ3n) is 3.39. The summed E-state index contributed by atoms with van der Waals surface area (Å²) in [4.78, 5) is 17.9. The van der Waals surface area contributed by atoms with Crippen LogP contribution in [0.2, 0.25) is 0 Å². The van der Waals surface area contributed by atoms with Crippen molar-refractivity contribution in [3.05, 3.63) is 36.2 Å². The molecule has 1 saturated heterocycles. The maximum Gasteiger partial charge on any atom is 0.246 e. The molecule has 0 spiro atoms. The molecule has 1 aliphatic heterocycles. The molecule has 5 heteroatoms. The van der Waals surface area contributed by atoms with Gasteiger partial charge in [-0.05, 0) is 25.0 Å². The number of aliphatic hydroxyl groups is 1. The fourth-order valence-electron chi connectivity index (χ4n) is 2.36. The van der Waals surface area contributed by atoms with Gasteiger partial charge in [0.1, 0.15) is 5.52 Å². The zero-order valence-corrected chi connectivity index (χ0v) is 11.0. The third-order valence-corrected chi connectivity index (χ3v) is 3.39. The fraction of sp³-hybridized carbons (Fsp3) is 0.333. The number of β-amino-alcohol motifs (C(OH)–C–C–N with tert-alkyl or cyclic N) is 1. The molecule has 0 aliphatic carbocycles. The first-order valence-electron chi connectivity index (χ1n) is 6.73. The van der Waals surface area contributed by atoms with E-state index >= 15 is 0 Å². The largest absolute Gasteiger partial charge is 0.437 e. The number of aliphatic hydroxyl groups excluding tert-OH is 1. The lowest BCUT2D eigenvalue weighted by Crippen LogP contribution is -2.41. The van der Waals surface area contributed by atoms with Gasteiger partial charge >= 0.3 is 0 Å². The molecule has 1 atom stereocenters. The van der Waals surface area contributed by atoms with E-state index < -0.39 is 6.10 Å². The lowest BCUT2D eigenvalue weighted by atomic mass is 10.1. The van der Waals surface area contributed by atoms with Gasteiger partial charge in [0, 0.05) is 25.2 Å². The molecule has 1 aliphatic rings. The maximum atomic E-state index is 12.0. The molecule has 0 saturated carbocycles. The quantitative estimate of drug-likeness (QED) is 0.847. The van der Waals surface area contributed by atoms with Crippen molar-refractivity contribution in [2.45, 2.75) is 18.9 Å². The minimum absolute atomic E-state index is 0.119. The van der Waals surface area contributed by atoms with Gasteiger partial charge in [-0.2, -0.15) is 0 Å². The molecular formula is C15H16N2O3. The number of nitrogens with zero attached hydrogens (tertiary/aromatic N) is 2. The van der Waals surface area contributed by atoms with Crippen LogP contribution in [-0.4, -0.2) is 40.1 Å². The number of piperidine rings is 1. The van der Waals surface area contributed by atoms with Gasteiger partial charge in [-0.15, -0.1) is 0 Å². The smallest absolute Gasteiger partial charge is 0.246 e. The first-order chi connectivity index (χ1) is 9.72. The molecule has 1 aromatic carbocycles. The molecule has 104 valence electrons. The summed E-state index contributed by atoms with van der Waals surface area (Å²) < 4.78 is 5.51. The van der Waals surface area contributed by atoms with Crippen molar-refractivity contribution < 1.29 is 14.3 Å². The number of aromatic nitrogens is 1. The van der Waals surface area contributed by atoms with Crippen LogP contribution in [0.1, 0.15) is 18.7 Å². The van der Waals surface area contributed by atoms with Gasteiger partial charge in [-0.25, -0.2) is 4.98 Å². The highest BCUT2D eigenvalue weighted by Gasteiger charge is 2.20. The molecule has 5 nitrogen and oxygen atoms in total. The molecule has 1 aromatic heterocycles. The Morgan fingerprint density at radius 1 is 1.45 bits per heavy atom. The van der Waals surface area contributed by atoms with Crippen molar-refractivity contribution in [3.63, 3.8) is 0 Å². The lowest BCUT2D eigenvalue weighted by molar-refractivity contribution is -0.128. The van der Waals surface area contributed by atoms with Crippen LogP contribution in [0, 0.1) is 0 Å². The van der Waals surface area contributed by atoms with Crippen molar-refractivity contribution >= 4 is 23.1 Å². The molecule has 0 bridgehead atoms. The van der Waals surface area contributed by atoms with Crippen LogP contribution in [0.3, 0.4) is 0 Å². The van der Waals surface area contributed by atoms with Gasteiger partial charge in [0.05, 0.1) is 6.10 Å². The van der Waals surface area contributed by atoms with Crippen LogP contribution in [-0.2, 0) is 4.79 Å². The Bertz CT molecular complexity index is 614. The van der Waals surface area contributed by atoms with E-state index in [0.29, 0.717) is 24.6 Å². The molecule has 1 fully saturated rings. The van der Waals surface area contributed by atoms with Crippen molar-refractivity contribution in [3.8, 4) is 0 Å². The highest BCUT2D eigenvalue weighted by Crippen LogP contribution is 2.16. The number of likely N-dealkylation sites (tertiary alicyclic amines) is 1. The van der Waals surface area contributed by atoms with Gasteiger partial charge in [0.2, 0.25) is 11.8 Å². The van der Waals surface area contributed by atoms with Crippen LogP contribution < -0.4 is 0 Å². The highest BCUT2D eigenvalue weighted by atomic mass is 16.3. The topological polar surface area (TPSA) is 66.6 Å². The number of para-hydroxylation sites is 2. The summed E-state index contributed by atoms with van der Waals surface area (Å²) in [7, 11) is 0. The SMILES string of the molecule is O=C(C=Cc1nc2ccccc2o1)N1CCCC(O)C1. The third kappa shape index (κ3) is 2.72. The van der Waals surface area contributed by atoms with Gasteiger partial charge in [0.15, 0.2) is 5.58 Å².